The summed E-state index contributed by atoms with van der Waals surface area (Å²) in [4.78, 5) is 103. The number of carbonyl (C=O) groups excluding carboxylic acids is 6. The molecule has 6 amide bonds. The summed E-state index contributed by atoms with van der Waals surface area (Å²) in [7, 11) is -3.85. The Morgan fingerprint density at radius 2 is 1.62 bits per heavy atom. The van der Waals surface area contributed by atoms with E-state index in [-0.39, 0.29) is 95.1 Å². The minimum Gasteiger partial charge on any atom is -0.479 e. The number of hydrogen-bond acceptors (Lipinski definition) is 14. The van der Waals surface area contributed by atoms with E-state index in [0.29, 0.717) is 53.1 Å². The minimum atomic E-state index is -3.85. The lowest BCUT2D eigenvalue weighted by atomic mass is 9.89. The number of nitrogens with one attached hydrogen (secondary N) is 4. The Morgan fingerprint density at radius 3 is 2.32 bits per heavy atom. The fourth-order valence-corrected chi connectivity index (χ4v) is 13.0. The first-order valence-corrected chi connectivity index (χ1v) is 25.5. The van der Waals surface area contributed by atoms with Gasteiger partial charge in [0.1, 0.15) is 11.1 Å². The Kier molecular flexibility index (Phi) is 14.6. The van der Waals surface area contributed by atoms with Crippen molar-refractivity contribution in [1.29, 1.82) is 0 Å². The molecule has 4 aliphatic rings. The number of carboxylic acid groups (broad SMARTS) is 2. The first-order valence-electron chi connectivity index (χ1n) is 22.7. The number of carboxylic acids is 2. The number of aromatic carboxylic acids is 1. The number of piperidine rings is 3. The second-order valence-corrected chi connectivity index (χ2v) is 21.6. The van der Waals surface area contributed by atoms with E-state index < -0.39 is 69.7 Å². The fraction of sp³-hybridized carbons (Fsp3) is 0.375. The molecule has 3 saturated heterocycles. The first-order chi connectivity index (χ1) is 33.7. The molecule has 4 aromatic rings. The molecule has 0 radical (unpaired) electrons. The molecular formula is C48H50ClN7O13S2. The summed E-state index contributed by atoms with van der Waals surface area (Å²) < 4.78 is 34.8. The first kappa shape index (κ1) is 50.5. The van der Waals surface area contributed by atoms with Gasteiger partial charge in [0.25, 0.3) is 11.8 Å². The van der Waals surface area contributed by atoms with E-state index in [0.717, 1.165) is 16.2 Å². The molecule has 6 N–H and O–H groups in total. The van der Waals surface area contributed by atoms with Gasteiger partial charge in [0, 0.05) is 60.6 Å². The highest BCUT2D eigenvalue weighted by Crippen LogP contribution is 2.46. The number of thiophene rings is 1. The molecular weight excluding hydrogens is 982 g/mol. The molecule has 0 spiro atoms. The standard InChI is InChI=1S/C48H50ClN7O13S2/c1-48(2)22-31(51-30-9-4-7-28(21-30)41-39(49)40(69-24-37(59)60)42(70-41)47(65)66)16-19-55(48)71(67,68)25-26-6-3-8-29(20-26)52-43(61)27-14-17-54(18-15-27)36(58)23-50-33-11-5-10-32-38(33)46(64)56(45(32)63)34-12-13-35(57)53-44(34)62/h3-11,20-21,27,31,34,50-51H,12-19,22-25H2,1-2H3,(H,52,61)(H,59,60)(H,65,66)(H,53,57,62)/t31-,34?/m0/s1. The molecule has 4 aliphatic heterocycles. The van der Waals surface area contributed by atoms with Crippen LogP contribution in [0, 0.1) is 5.92 Å². The summed E-state index contributed by atoms with van der Waals surface area (Å²) in [5.41, 5.74) is 1.77. The van der Waals surface area contributed by atoms with E-state index in [1.54, 1.807) is 59.5 Å². The molecule has 71 heavy (non-hydrogen) atoms. The highest BCUT2D eigenvalue weighted by Gasteiger charge is 2.46. The number of rotatable bonds is 16. The molecule has 2 atom stereocenters. The summed E-state index contributed by atoms with van der Waals surface area (Å²) in [6.07, 6.45) is 1.67. The number of benzene rings is 3. The summed E-state index contributed by atoms with van der Waals surface area (Å²) in [6.45, 7) is 3.55. The zero-order chi connectivity index (χ0) is 50.9. The Balaban J connectivity index is 0.817. The van der Waals surface area contributed by atoms with Crippen LogP contribution < -0.4 is 26.0 Å². The topological polar surface area (TPSA) is 278 Å². The highest BCUT2D eigenvalue weighted by atomic mass is 35.5. The predicted octanol–water partition coefficient (Wildman–Crippen LogP) is 5.11. The van der Waals surface area contributed by atoms with Gasteiger partial charge in [-0.1, -0.05) is 41.9 Å². The number of fused-ring (bicyclic) bond motifs is 1. The molecule has 3 aromatic carbocycles. The van der Waals surface area contributed by atoms with Gasteiger partial charge in [0.15, 0.2) is 17.2 Å². The van der Waals surface area contributed by atoms with Crippen molar-refractivity contribution in [1.82, 2.24) is 19.4 Å². The van der Waals surface area contributed by atoms with Crippen molar-refractivity contribution in [2.24, 2.45) is 5.92 Å². The molecule has 3 fully saturated rings. The van der Waals surface area contributed by atoms with E-state index >= 15 is 0 Å². The number of amides is 6. The molecule has 0 bridgehead atoms. The van der Waals surface area contributed by atoms with Crippen LogP contribution in [0.3, 0.4) is 0 Å². The van der Waals surface area contributed by atoms with Gasteiger partial charge >= 0.3 is 11.9 Å². The quantitative estimate of drug-likeness (QED) is 0.0796. The van der Waals surface area contributed by atoms with Crippen LogP contribution in [0.15, 0.2) is 66.7 Å². The lowest BCUT2D eigenvalue weighted by Gasteiger charge is -2.45. The normalized spacial score (nSPS) is 19.5. The number of sulfonamides is 1. The van der Waals surface area contributed by atoms with Crippen molar-refractivity contribution in [3.63, 3.8) is 0 Å². The van der Waals surface area contributed by atoms with Crippen molar-refractivity contribution < 1.29 is 61.7 Å². The van der Waals surface area contributed by atoms with E-state index in [1.165, 1.54) is 10.4 Å². The number of nitrogens with zero attached hydrogens (tertiary/aromatic N) is 3. The molecule has 20 nitrogen and oxygen atoms in total. The number of ether oxygens (including phenoxy) is 1. The summed E-state index contributed by atoms with van der Waals surface area (Å²) in [6, 6.07) is 17.1. The van der Waals surface area contributed by atoms with Crippen molar-refractivity contribution in [3.8, 4) is 16.2 Å². The van der Waals surface area contributed by atoms with Gasteiger partial charge in [0.2, 0.25) is 33.7 Å². The molecule has 8 rings (SSSR count). The molecule has 1 unspecified atom stereocenters. The van der Waals surface area contributed by atoms with Crippen LogP contribution >= 0.6 is 22.9 Å². The third-order valence-electron chi connectivity index (χ3n) is 12.9. The smallest absolute Gasteiger partial charge is 0.349 e. The Bertz CT molecular complexity index is 2970. The maximum atomic E-state index is 14.0. The van der Waals surface area contributed by atoms with Crippen LogP contribution in [0.2, 0.25) is 5.02 Å². The Morgan fingerprint density at radius 1 is 0.901 bits per heavy atom. The summed E-state index contributed by atoms with van der Waals surface area (Å²) >= 11 is 7.38. The maximum Gasteiger partial charge on any atom is 0.349 e. The zero-order valence-electron chi connectivity index (χ0n) is 38.5. The van der Waals surface area contributed by atoms with Crippen molar-refractivity contribution in [2.45, 2.75) is 75.7 Å². The van der Waals surface area contributed by atoms with Crippen LogP contribution in [-0.4, -0.2) is 131 Å². The Hall–Kier alpha value is -6.88. The second-order valence-electron chi connectivity index (χ2n) is 18.3. The number of hydrogen-bond donors (Lipinski definition) is 6. The van der Waals surface area contributed by atoms with Crippen LogP contribution in [0.25, 0.3) is 10.4 Å². The SMILES string of the molecule is CC1(C)C[C@@H](Nc2cccc(-c3sc(C(=O)O)c(OCC(=O)O)c3Cl)c2)CCN1S(=O)(=O)Cc1cccc(NC(=O)C2CCN(C(=O)CNc3cccc4c3C(=O)N(C3CCC(=O)NC3=O)C4=O)CC2)c1. The van der Waals surface area contributed by atoms with Crippen LogP contribution in [0.1, 0.15) is 88.3 Å². The minimum absolute atomic E-state index is 0.0132. The molecule has 0 aliphatic carbocycles. The summed E-state index contributed by atoms with van der Waals surface area (Å²) in [5.74, 6) is -6.65. The molecule has 0 saturated carbocycles. The average Bonchev–Trinajstić information content (AvgIpc) is 3.78. The third-order valence-corrected chi connectivity index (χ3v) is 16.7. The van der Waals surface area contributed by atoms with Crippen LogP contribution in [-0.2, 0) is 39.7 Å². The van der Waals surface area contributed by atoms with Crippen molar-refractivity contribution in [2.75, 3.05) is 48.7 Å². The van der Waals surface area contributed by atoms with E-state index in [2.05, 4.69) is 21.3 Å². The number of anilines is 3. The average molecular weight is 1030 g/mol. The van der Waals surface area contributed by atoms with Crippen LogP contribution in [0.4, 0.5) is 17.1 Å². The van der Waals surface area contributed by atoms with Crippen molar-refractivity contribution in [3.05, 3.63) is 93.3 Å². The number of halogens is 1. The van der Waals surface area contributed by atoms with E-state index in [1.807, 2.05) is 19.9 Å². The number of carbonyl (C=O) groups is 8. The second kappa shape index (κ2) is 20.5. The van der Waals surface area contributed by atoms with Gasteiger partial charge in [-0.15, -0.1) is 11.3 Å². The monoisotopic (exact) mass is 1030 g/mol. The van der Waals surface area contributed by atoms with Gasteiger partial charge in [-0.3, -0.25) is 39.0 Å². The third kappa shape index (κ3) is 10.9. The van der Waals surface area contributed by atoms with E-state index in [9.17, 15) is 51.9 Å². The zero-order valence-corrected chi connectivity index (χ0v) is 40.9. The predicted molar refractivity (Wildman–Crippen MR) is 261 cm³/mol. The van der Waals surface area contributed by atoms with Gasteiger partial charge in [-0.2, -0.15) is 4.31 Å². The largest absolute Gasteiger partial charge is 0.479 e. The lowest BCUT2D eigenvalue weighted by Crippen LogP contribution is -2.55. The number of aliphatic carboxylic acids is 1. The van der Waals surface area contributed by atoms with Crippen LogP contribution in [0.5, 0.6) is 5.75 Å². The van der Waals surface area contributed by atoms with Gasteiger partial charge in [-0.25, -0.2) is 18.0 Å². The van der Waals surface area contributed by atoms with Gasteiger partial charge < -0.3 is 35.8 Å². The molecule has 374 valence electrons. The molecule has 1 aromatic heterocycles. The summed E-state index contributed by atoms with van der Waals surface area (Å²) in [5, 5.41) is 30.3. The number of likely N-dealkylation sites (tertiary alicyclic amines) is 1. The lowest BCUT2D eigenvalue weighted by molar-refractivity contribution is -0.139. The molecule has 5 heterocycles. The molecule has 23 heteroatoms. The highest BCUT2D eigenvalue weighted by molar-refractivity contribution is 7.88. The fourth-order valence-electron chi connectivity index (χ4n) is 9.60. The Labute approximate surface area is 416 Å². The maximum absolute atomic E-state index is 14.0. The van der Waals surface area contributed by atoms with E-state index in [4.69, 9.17) is 21.4 Å². The van der Waals surface area contributed by atoms with Gasteiger partial charge in [0.05, 0.1) is 28.3 Å². The van der Waals surface area contributed by atoms with Gasteiger partial charge in [-0.05, 0) is 93.5 Å². The van der Waals surface area contributed by atoms with Crippen molar-refractivity contribution >= 4 is 97.4 Å². The number of imide groups is 2.